The maximum atomic E-state index is 9.55. The van der Waals surface area contributed by atoms with Crippen LogP contribution in [-0.2, 0) is 13.0 Å². The van der Waals surface area contributed by atoms with E-state index < -0.39 is 0 Å². The second-order valence-electron chi connectivity index (χ2n) is 3.84. The Morgan fingerprint density at radius 3 is 3.06 bits per heavy atom. The van der Waals surface area contributed by atoms with Crippen molar-refractivity contribution in [3.05, 3.63) is 21.7 Å². The van der Waals surface area contributed by atoms with Crippen molar-refractivity contribution in [2.75, 3.05) is 0 Å². The third-order valence-corrected chi connectivity index (χ3v) is 4.34. The lowest BCUT2D eigenvalue weighted by Crippen LogP contribution is -2.23. The van der Waals surface area contributed by atoms with E-state index in [-0.39, 0.29) is 6.10 Å². The summed E-state index contributed by atoms with van der Waals surface area (Å²) < 4.78 is 3.20. The highest BCUT2D eigenvalue weighted by molar-refractivity contribution is 9.11. The minimum atomic E-state index is -0.264. The van der Waals surface area contributed by atoms with Gasteiger partial charge in [-0.2, -0.15) is 0 Å². The van der Waals surface area contributed by atoms with E-state index in [1.165, 1.54) is 0 Å². The lowest BCUT2D eigenvalue weighted by atomic mass is 10.1. The van der Waals surface area contributed by atoms with Crippen molar-refractivity contribution in [2.24, 2.45) is 0 Å². The maximum Gasteiger partial charge on any atom is 0.174 e. The molecular formula is C10H10BrN3OS. The van der Waals surface area contributed by atoms with Crippen molar-refractivity contribution in [1.82, 2.24) is 14.8 Å². The van der Waals surface area contributed by atoms with Gasteiger partial charge in [0, 0.05) is 13.0 Å². The predicted molar refractivity (Wildman–Crippen MR) is 65.4 cm³/mol. The average Bonchev–Trinajstić information content (AvgIpc) is 2.83. The highest BCUT2D eigenvalue weighted by atomic mass is 79.9. The van der Waals surface area contributed by atoms with Crippen LogP contribution >= 0.6 is 27.3 Å². The first-order valence-corrected chi connectivity index (χ1v) is 6.71. The van der Waals surface area contributed by atoms with Gasteiger partial charge in [0.2, 0.25) is 0 Å². The minimum absolute atomic E-state index is 0.264. The van der Waals surface area contributed by atoms with Crippen LogP contribution < -0.4 is 0 Å². The summed E-state index contributed by atoms with van der Waals surface area (Å²) in [6.07, 6.45) is 1.13. The van der Waals surface area contributed by atoms with E-state index in [0.29, 0.717) is 6.42 Å². The van der Waals surface area contributed by atoms with E-state index in [1.54, 1.807) is 11.3 Å². The first-order valence-electron chi connectivity index (χ1n) is 5.10. The number of hydrogen-bond donors (Lipinski definition) is 1. The average molecular weight is 300 g/mol. The van der Waals surface area contributed by atoms with Gasteiger partial charge in [-0.1, -0.05) is 0 Å². The molecule has 0 bridgehead atoms. The van der Waals surface area contributed by atoms with Crippen molar-refractivity contribution in [1.29, 1.82) is 0 Å². The number of aliphatic hydroxyl groups excluding tert-OH is 1. The van der Waals surface area contributed by atoms with Crippen LogP contribution in [0.5, 0.6) is 0 Å². The second kappa shape index (κ2) is 3.94. The molecule has 2 aromatic heterocycles. The van der Waals surface area contributed by atoms with Crippen LogP contribution in [-0.4, -0.2) is 26.0 Å². The molecule has 84 valence electrons. The van der Waals surface area contributed by atoms with Gasteiger partial charge in [-0.05, 0) is 34.5 Å². The lowest BCUT2D eigenvalue weighted by Gasteiger charge is -2.18. The van der Waals surface area contributed by atoms with Crippen LogP contribution in [0.1, 0.15) is 12.2 Å². The Hall–Kier alpha value is -0.720. The van der Waals surface area contributed by atoms with Gasteiger partial charge in [0.15, 0.2) is 5.82 Å². The number of nitrogens with zero attached hydrogens (tertiary/aromatic N) is 3. The van der Waals surface area contributed by atoms with Gasteiger partial charge in [-0.15, -0.1) is 21.5 Å². The molecule has 0 aromatic carbocycles. The van der Waals surface area contributed by atoms with Crippen LogP contribution in [0.25, 0.3) is 10.7 Å². The number of halogens is 1. The molecule has 1 aliphatic heterocycles. The summed E-state index contributed by atoms with van der Waals surface area (Å²) >= 11 is 5.09. The number of aliphatic hydroxyl groups is 1. The second-order valence-corrected chi connectivity index (χ2v) is 6.30. The first kappa shape index (κ1) is 10.4. The summed E-state index contributed by atoms with van der Waals surface area (Å²) in [5, 5.41) is 17.9. The number of hydrogen-bond acceptors (Lipinski definition) is 4. The zero-order valence-electron chi connectivity index (χ0n) is 8.43. The smallest absolute Gasteiger partial charge is 0.174 e. The van der Waals surface area contributed by atoms with Gasteiger partial charge in [0.1, 0.15) is 5.82 Å². The molecular weight excluding hydrogens is 290 g/mol. The number of fused-ring (bicyclic) bond motifs is 1. The molecule has 16 heavy (non-hydrogen) atoms. The molecule has 2 aromatic rings. The van der Waals surface area contributed by atoms with Gasteiger partial charge < -0.3 is 9.67 Å². The van der Waals surface area contributed by atoms with Crippen LogP contribution in [0.15, 0.2) is 15.9 Å². The molecule has 0 radical (unpaired) electrons. The van der Waals surface area contributed by atoms with E-state index in [4.69, 9.17) is 0 Å². The van der Waals surface area contributed by atoms with Crippen molar-refractivity contribution in [3.8, 4) is 10.7 Å². The predicted octanol–water partition coefficient (Wildman–Crippen LogP) is 2.08. The van der Waals surface area contributed by atoms with Gasteiger partial charge in [0.25, 0.3) is 0 Å². The quantitative estimate of drug-likeness (QED) is 0.877. The molecule has 1 N–H and O–H groups in total. The molecule has 4 nitrogen and oxygen atoms in total. The minimum Gasteiger partial charge on any atom is -0.393 e. The Morgan fingerprint density at radius 1 is 1.44 bits per heavy atom. The van der Waals surface area contributed by atoms with Gasteiger partial charge >= 0.3 is 0 Å². The van der Waals surface area contributed by atoms with Crippen LogP contribution in [0.4, 0.5) is 0 Å². The van der Waals surface area contributed by atoms with E-state index in [2.05, 4.69) is 30.7 Å². The lowest BCUT2D eigenvalue weighted by molar-refractivity contribution is 0.142. The molecule has 0 saturated heterocycles. The highest BCUT2D eigenvalue weighted by Crippen LogP contribution is 2.31. The SMILES string of the molecule is OC1CCn2c(nnc2-c2ccc(Br)s2)C1. The summed E-state index contributed by atoms with van der Waals surface area (Å²) in [5.74, 6) is 1.80. The zero-order valence-corrected chi connectivity index (χ0v) is 10.8. The Morgan fingerprint density at radius 2 is 2.31 bits per heavy atom. The number of aromatic nitrogens is 3. The monoisotopic (exact) mass is 299 g/mol. The van der Waals surface area contributed by atoms with E-state index in [9.17, 15) is 5.11 Å². The molecule has 3 heterocycles. The van der Waals surface area contributed by atoms with Crippen molar-refractivity contribution >= 4 is 27.3 Å². The Kier molecular flexibility index (Phi) is 2.57. The Labute approximate surface area is 105 Å². The molecule has 3 rings (SSSR count). The molecule has 0 aliphatic carbocycles. The van der Waals surface area contributed by atoms with Crippen LogP contribution in [0.3, 0.4) is 0 Å². The number of rotatable bonds is 1. The summed E-state index contributed by atoms with van der Waals surface area (Å²) in [6.45, 7) is 0.800. The fourth-order valence-electron chi connectivity index (χ4n) is 1.93. The molecule has 0 amide bonds. The molecule has 0 spiro atoms. The summed E-state index contributed by atoms with van der Waals surface area (Å²) in [7, 11) is 0. The van der Waals surface area contributed by atoms with Crippen LogP contribution in [0, 0.1) is 0 Å². The maximum absolute atomic E-state index is 9.55. The third-order valence-electron chi connectivity index (χ3n) is 2.73. The summed E-state index contributed by atoms with van der Waals surface area (Å²) in [6, 6.07) is 4.05. The topological polar surface area (TPSA) is 50.9 Å². The van der Waals surface area contributed by atoms with E-state index in [1.807, 2.05) is 12.1 Å². The third kappa shape index (κ3) is 1.70. The van der Waals surface area contributed by atoms with Crippen LogP contribution in [0.2, 0.25) is 0 Å². The summed E-state index contributed by atoms with van der Waals surface area (Å²) in [4.78, 5) is 1.11. The van der Waals surface area contributed by atoms with Gasteiger partial charge in [-0.3, -0.25) is 0 Å². The Balaban J connectivity index is 2.03. The van der Waals surface area contributed by atoms with Crippen molar-refractivity contribution < 1.29 is 5.11 Å². The fraction of sp³-hybridized carbons (Fsp3) is 0.400. The van der Waals surface area contributed by atoms with Gasteiger partial charge in [-0.25, -0.2) is 0 Å². The molecule has 1 unspecified atom stereocenters. The molecule has 1 atom stereocenters. The standard InChI is InChI=1S/C10H10BrN3OS/c11-8-2-1-7(16-8)10-13-12-9-5-6(15)3-4-14(9)10/h1-2,6,15H,3-5H2. The zero-order chi connectivity index (χ0) is 11.1. The summed E-state index contributed by atoms with van der Waals surface area (Å²) in [5.41, 5.74) is 0. The number of thiophene rings is 1. The van der Waals surface area contributed by atoms with Gasteiger partial charge in [0.05, 0.1) is 14.8 Å². The normalized spacial score (nSPS) is 19.8. The molecule has 0 saturated carbocycles. The van der Waals surface area contributed by atoms with Crippen molar-refractivity contribution in [3.63, 3.8) is 0 Å². The van der Waals surface area contributed by atoms with Crippen molar-refractivity contribution in [2.45, 2.75) is 25.5 Å². The molecule has 1 aliphatic rings. The van der Waals surface area contributed by atoms with E-state index in [0.717, 1.165) is 33.3 Å². The molecule has 6 heteroatoms. The fourth-order valence-corrected chi connectivity index (χ4v) is 3.31. The Bertz CT molecular complexity index is 522. The largest absolute Gasteiger partial charge is 0.393 e. The first-order chi connectivity index (χ1) is 7.74. The highest BCUT2D eigenvalue weighted by Gasteiger charge is 2.22. The molecule has 0 fully saturated rings. The van der Waals surface area contributed by atoms with E-state index >= 15 is 0 Å².